The van der Waals surface area contributed by atoms with Crippen LogP contribution in [-0.4, -0.2) is 36.1 Å². The van der Waals surface area contributed by atoms with Gasteiger partial charge in [0.05, 0.1) is 22.8 Å². The molecule has 0 aliphatic heterocycles. The summed E-state index contributed by atoms with van der Waals surface area (Å²) in [4.78, 5) is 25.7. The third-order valence-electron chi connectivity index (χ3n) is 4.25. The molecule has 1 aromatic carbocycles. The van der Waals surface area contributed by atoms with Crippen LogP contribution in [0.2, 0.25) is 5.02 Å². The van der Waals surface area contributed by atoms with Gasteiger partial charge in [0.15, 0.2) is 16.6 Å². The summed E-state index contributed by atoms with van der Waals surface area (Å²) < 4.78 is 1.81. The van der Waals surface area contributed by atoms with E-state index in [-0.39, 0.29) is 11.5 Å². The predicted molar refractivity (Wildman–Crippen MR) is 110 cm³/mol. The number of fused-ring (bicyclic) bond motifs is 1. The molecule has 0 amide bonds. The van der Waals surface area contributed by atoms with Crippen LogP contribution in [0.25, 0.3) is 16.9 Å². The Morgan fingerprint density at radius 2 is 1.93 bits per heavy atom. The predicted octanol–water partition coefficient (Wildman–Crippen LogP) is 4.43. The van der Waals surface area contributed by atoms with Gasteiger partial charge in [-0.3, -0.25) is 4.79 Å². The summed E-state index contributed by atoms with van der Waals surface area (Å²) in [5.41, 5.74) is 4.90. The van der Waals surface area contributed by atoms with Gasteiger partial charge in [0.1, 0.15) is 0 Å². The first-order chi connectivity index (χ1) is 13.5. The maximum atomic E-state index is 12.3. The molecule has 0 unspecified atom stereocenters. The van der Waals surface area contributed by atoms with Gasteiger partial charge in [0.2, 0.25) is 0 Å². The van der Waals surface area contributed by atoms with Crippen molar-refractivity contribution >= 4 is 34.8 Å². The topological polar surface area (TPSA) is 73.0 Å². The summed E-state index contributed by atoms with van der Waals surface area (Å²) in [7, 11) is 0. The van der Waals surface area contributed by atoms with E-state index in [2.05, 4.69) is 20.1 Å². The zero-order valence-corrected chi connectivity index (χ0v) is 16.8. The van der Waals surface area contributed by atoms with Crippen molar-refractivity contribution < 1.29 is 4.79 Å². The molecule has 0 N–H and O–H groups in total. The minimum absolute atomic E-state index is 0.00181. The Morgan fingerprint density at radius 3 is 2.71 bits per heavy atom. The second-order valence-electron chi connectivity index (χ2n) is 6.26. The number of aryl methyl sites for hydroxylation is 2. The molecular formula is C20H16ClN5OS. The molecule has 0 atom stereocenters. The molecule has 4 aromatic rings. The Morgan fingerprint density at radius 1 is 1.14 bits per heavy atom. The second kappa shape index (κ2) is 7.69. The molecular weight excluding hydrogens is 394 g/mol. The number of thioether (sulfide) groups is 1. The second-order valence-corrected chi connectivity index (χ2v) is 7.64. The first kappa shape index (κ1) is 18.6. The monoisotopic (exact) mass is 409 g/mol. The average Bonchev–Trinajstić information content (AvgIpc) is 3.08. The maximum Gasteiger partial charge on any atom is 0.188 e. The molecule has 0 saturated carbocycles. The number of ketones is 1. The lowest BCUT2D eigenvalue weighted by atomic mass is 10.1. The maximum absolute atomic E-state index is 12.3. The third-order valence-corrected chi connectivity index (χ3v) is 5.37. The number of Topliss-reactive ketones (excluding diaryl/α,β-unsaturated/α-hetero) is 1. The van der Waals surface area contributed by atoms with E-state index in [4.69, 9.17) is 11.6 Å². The molecule has 28 heavy (non-hydrogen) atoms. The normalized spacial score (nSPS) is 11.1. The summed E-state index contributed by atoms with van der Waals surface area (Å²) in [6.07, 6.45) is 3.48. The van der Waals surface area contributed by atoms with Crippen LogP contribution in [0.5, 0.6) is 0 Å². The van der Waals surface area contributed by atoms with Crippen LogP contribution >= 0.6 is 23.4 Å². The molecule has 0 fully saturated rings. The molecule has 0 aliphatic carbocycles. The number of hydrogen-bond acceptors (Lipinski definition) is 6. The number of benzene rings is 1. The van der Waals surface area contributed by atoms with Crippen LogP contribution in [0.3, 0.4) is 0 Å². The fraction of sp³-hybridized carbons (Fsp3) is 0.150. The van der Waals surface area contributed by atoms with Crippen LogP contribution in [-0.2, 0) is 0 Å². The Balaban J connectivity index is 1.55. The lowest BCUT2D eigenvalue weighted by Crippen LogP contribution is -2.04. The van der Waals surface area contributed by atoms with E-state index in [1.54, 1.807) is 36.7 Å². The summed E-state index contributed by atoms with van der Waals surface area (Å²) in [5.74, 6) is 0.252. The number of hydrogen-bond donors (Lipinski definition) is 0. The van der Waals surface area contributed by atoms with Crippen molar-refractivity contribution in [3.05, 3.63) is 70.8 Å². The molecule has 0 bridgehead atoms. The number of carbonyl (C=O) groups excluding carboxylic acids is 1. The van der Waals surface area contributed by atoms with Gasteiger partial charge in [-0.05, 0) is 44.2 Å². The van der Waals surface area contributed by atoms with E-state index < -0.39 is 0 Å². The van der Waals surface area contributed by atoms with Crippen molar-refractivity contribution in [3.8, 4) is 11.3 Å². The first-order valence-electron chi connectivity index (χ1n) is 8.58. The van der Waals surface area contributed by atoms with E-state index in [0.29, 0.717) is 15.7 Å². The van der Waals surface area contributed by atoms with Gasteiger partial charge < -0.3 is 0 Å². The molecule has 0 saturated heterocycles. The van der Waals surface area contributed by atoms with Crippen molar-refractivity contribution in [2.45, 2.75) is 19.0 Å². The Hall–Kier alpha value is -2.77. The summed E-state index contributed by atoms with van der Waals surface area (Å²) >= 11 is 7.17. The summed E-state index contributed by atoms with van der Waals surface area (Å²) in [6.45, 7) is 3.92. The molecule has 3 aromatic heterocycles. The van der Waals surface area contributed by atoms with Crippen LogP contribution in [0.4, 0.5) is 0 Å². The fourth-order valence-corrected chi connectivity index (χ4v) is 3.67. The van der Waals surface area contributed by atoms with Crippen LogP contribution in [0.15, 0.2) is 53.9 Å². The van der Waals surface area contributed by atoms with Gasteiger partial charge in [0, 0.05) is 34.6 Å². The summed E-state index contributed by atoms with van der Waals surface area (Å²) in [6, 6.07) is 10.6. The largest absolute Gasteiger partial charge is 0.293 e. The standard InChI is InChI=1S/C20H16ClN5OS/c1-12-9-19-23-10-16(13(2)26(19)25-12)17-7-8-22-20(24-17)28-11-18(27)14-3-5-15(21)6-4-14/h3-10H,11H2,1-2H3. The van der Waals surface area contributed by atoms with Crippen LogP contribution in [0, 0.1) is 13.8 Å². The number of rotatable bonds is 5. The van der Waals surface area contributed by atoms with Crippen LogP contribution < -0.4 is 0 Å². The number of carbonyl (C=O) groups is 1. The molecule has 4 rings (SSSR count). The number of halogens is 1. The van der Waals surface area contributed by atoms with Crippen molar-refractivity contribution in [3.63, 3.8) is 0 Å². The molecule has 140 valence electrons. The average molecular weight is 410 g/mol. The Labute approximate surface area is 171 Å². The zero-order chi connectivity index (χ0) is 19.7. The van der Waals surface area contributed by atoms with Crippen molar-refractivity contribution in [1.29, 1.82) is 0 Å². The van der Waals surface area contributed by atoms with Crippen molar-refractivity contribution in [2.24, 2.45) is 0 Å². The van der Waals surface area contributed by atoms with Crippen molar-refractivity contribution in [1.82, 2.24) is 24.6 Å². The molecule has 0 spiro atoms. The number of nitrogens with zero attached hydrogens (tertiary/aromatic N) is 5. The SMILES string of the molecule is Cc1cc2ncc(-c3ccnc(SCC(=O)c4ccc(Cl)cc4)n3)c(C)n2n1. The highest BCUT2D eigenvalue weighted by molar-refractivity contribution is 7.99. The van der Waals surface area contributed by atoms with E-state index in [1.807, 2.05) is 30.5 Å². The highest BCUT2D eigenvalue weighted by Gasteiger charge is 2.12. The lowest BCUT2D eigenvalue weighted by Gasteiger charge is -2.08. The van der Waals surface area contributed by atoms with E-state index in [9.17, 15) is 4.79 Å². The van der Waals surface area contributed by atoms with Gasteiger partial charge in [-0.1, -0.05) is 23.4 Å². The quantitative estimate of drug-likeness (QED) is 0.276. The summed E-state index contributed by atoms with van der Waals surface area (Å²) in [5, 5.41) is 5.62. The highest BCUT2D eigenvalue weighted by atomic mass is 35.5. The fourth-order valence-electron chi connectivity index (χ4n) is 2.82. The van der Waals surface area contributed by atoms with Gasteiger partial charge in [-0.25, -0.2) is 19.5 Å². The van der Waals surface area contributed by atoms with E-state index in [0.717, 1.165) is 28.3 Å². The van der Waals surface area contributed by atoms with E-state index in [1.165, 1.54) is 11.8 Å². The van der Waals surface area contributed by atoms with Gasteiger partial charge >= 0.3 is 0 Å². The smallest absolute Gasteiger partial charge is 0.188 e. The zero-order valence-electron chi connectivity index (χ0n) is 15.3. The molecule has 3 heterocycles. The van der Waals surface area contributed by atoms with Crippen molar-refractivity contribution in [2.75, 3.05) is 5.75 Å². The first-order valence-corrected chi connectivity index (χ1v) is 9.94. The van der Waals surface area contributed by atoms with E-state index >= 15 is 0 Å². The third kappa shape index (κ3) is 3.76. The van der Waals surface area contributed by atoms with Crippen LogP contribution in [0.1, 0.15) is 21.7 Å². The Kier molecular flexibility index (Phi) is 5.11. The number of aromatic nitrogens is 5. The highest BCUT2D eigenvalue weighted by Crippen LogP contribution is 2.24. The molecule has 8 heteroatoms. The Bertz CT molecular complexity index is 1170. The lowest BCUT2D eigenvalue weighted by molar-refractivity contribution is 0.102. The minimum atomic E-state index is 0.00181. The van der Waals surface area contributed by atoms with Gasteiger partial charge in [0.25, 0.3) is 0 Å². The molecule has 0 radical (unpaired) electrons. The minimum Gasteiger partial charge on any atom is -0.293 e. The van der Waals surface area contributed by atoms with Gasteiger partial charge in [-0.15, -0.1) is 0 Å². The molecule has 0 aliphatic rings. The molecule has 6 nitrogen and oxygen atoms in total. The van der Waals surface area contributed by atoms with Gasteiger partial charge in [-0.2, -0.15) is 5.10 Å².